The number of aliphatic hydroxyl groups is 1. The molecule has 4 rings (SSSR count). The van der Waals surface area contributed by atoms with Gasteiger partial charge in [-0.25, -0.2) is 4.21 Å². The molecule has 0 saturated carbocycles. The van der Waals surface area contributed by atoms with E-state index in [9.17, 15) is 23.7 Å². The van der Waals surface area contributed by atoms with Crippen LogP contribution in [0.1, 0.15) is 44.1 Å². The number of benzene rings is 2. The molecule has 12 nitrogen and oxygen atoms in total. The van der Waals surface area contributed by atoms with Crippen LogP contribution in [0.15, 0.2) is 88.4 Å². The number of ether oxygens (including phenoxy) is 1. The second-order valence-electron chi connectivity index (χ2n) is 10.2. The van der Waals surface area contributed by atoms with Gasteiger partial charge in [-0.3, -0.25) is 24.0 Å². The first-order valence-electron chi connectivity index (χ1n) is 14.3. The molecule has 0 aliphatic rings. The highest BCUT2D eigenvalue weighted by Crippen LogP contribution is 2.17. The van der Waals surface area contributed by atoms with E-state index in [1.165, 1.54) is 30.3 Å². The summed E-state index contributed by atoms with van der Waals surface area (Å²) < 4.78 is 24.4. The van der Waals surface area contributed by atoms with Gasteiger partial charge in [0.05, 0.1) is 34.7 Å². The molecule has 2 aromatic carbocycles. The molecule has 238 valence electrons. The Morgan fingerprint density at radius 3 is 2.50 bits per heavy atom. The van der Waals surface area contributed by atoms with Crippen LogP contribution in [-0.4, -0.2) is 73.9 Å². The number of nitrogens with zero attached hydrogens (tertiary/aromatic N) is 4. The Kier molecular flexibility index (Phi) is 11.5. The summed E-state index contributed by atoms with van der Waals surface area (Å²) in [6, 6.07) is 17.8. The van der Waals surface area contributed by atoms with Crippen molar-refractivity contribution in [1.29, 1.82) is 0 Å². The Morgan fingerprint density at radius 2 is 1.80 bits per heavy atom. The third kappa shape index (κ3) is 8.95. The van der Waals surface area contributed by atoms with Crippen LogP contribution < -0.4 is 10.6 Å². The summed E-state index contributed by atoms with van der Waals surface area (Å²) in [5.41, 5.74) is 2.89. The van der Waals surface area contributed by atoms with Crippen molar-refractivity contribution in [3.8, 4) is 11.8 Å². The summed E-state index contributed by atoms with van der Waals surface area (Å²) in [5, 5.41) is 19.3. The van der Waals surface area contributed by atoms with Gasteiger partial charge in [-0.1, -0.05) is 36.1 Å². The molecule has 2 heterocycles. The summed E-state index contributed by atoms with van der Waals surface area (Å²) in [6.07, 6.45) is 3.13. The van der Waals surface area contributed by atoms with Gasteiger partial charge in [-0.15, -0.1) is 0 Å². The van der Waals surface area contributed by atoms with E-state index in [1.807, 2.05) is 6.92 Å². The fourth-order valence-electron chi connectivity index (χ4n) is 4.41. The Hall–Kier alpha value is -5.16. The predicted octanol–water partition coefficient (Wildman–Crippen LogP) is 2.96. The molecule has 0 spiro atoms. The summed E-state index contributed by atoms with van der Waals surface area (Å²) in [6.45, 7) is 1.59. The number of aryl methyl sites for hydroxylation is 2. The molecule has 1 unspecified atom stereocenters. The average molecular weight is 643 g/mol. The molecular formula is C33H34N6O6S. The molecule has 0 saturated heterocycles. The van der Waals surface area contributed by atoms with E-state index in [1.54, 1.807) is 67.7 Å². The molecule has 13 heteroatoms. The lowest BCUT2D eigenvalue weighted by Gasteiger charge is -2.15. The highest BCUT2D eigenvalue weighted by molar-refractivity contribution is 7.94. The zero-order valence-corrected chi connectivity index (χ0v) is 26.4. The first-order valence-corrected chi connectivity index (χ1v) is 16.0. The lowest BCUT2D eigenvalue weighted by atomic mass is 10.1. The van der Waals surface area contributed by atoms with Gasteiger partial charge in [0.2, 0.25) is 0 Å². The number of carbonyl (C=O) groups excluding carboxylic acids is 3. The fraction of sp³-hybridized carbons (Fsp3) is 0.242. The average Bonchev–Trinajstić information content (AvgIpc) is 3.41. The zero-order chi connectivity index (χ0) is 33.1. The minimum atomic E-state index is -3.20. The van der Waals surface area contributed by atoms with Gasteiger partial charge < -0.3 is 20.5 Å². The van der Waals surface area contributed by atoms with E-state index >= 15 is 0 Å². The number of hydrogen-bond donors (Lipinski definition) is 3. The molecule has 0 aliphatic carbocycles. The molecule has 2 aromatic heterocycles. The standard InChI is InChI=1S/C33H34N6O6S/c1-23-17-30(39(2)37-23)32(42)36-27-10-7-9-24(19-27)13-14-25-18-26(21-34-20-25)31(41)38-46(44,28-11-5-4-6-12-28)16-8-15-35-29(22-40)33(43)45-3/h4-7,9-12,17-21,29,35,40H,8,15-16,22H2,1-3H3,(H,36,42)/t29?,46-/m0/s1. The van der Waals surface area contributed by atoms with Crippen molar-refractivity contribution in [3.63, 3.8) is 0 Å². The monoisotopic (exact) mass is 642 g/mol. The second-order valence-corrected chi connectivity index (χ2v) is 12.5. The Labute approximate surface area is 267 Å². The summed E-state index contributed by atoms with van der Waals surface area (Å²) >= 11 is 0. The highest BCUT2D eigenvalue weighted by atomic mass is 32.2. The van der Waals surface area contributed by atoms with Crippen molar-refractivity contribution in [1.82, 2.24) is 20.1 Å². The van der Waals surface area contributed by atoms with E-state index in [0.717, 1.165) is 5.69 Å². The van der Waals surface area contributed by atoms with Crippen LogP contribution in [0.5, 0.6) is 0 Å². The quantitative estimate of drug-likeness (QED) is 0.127. The third-order valence-electron chi connectivity index (χ3n) is 6.69. The second kappa shape index (κ2) is 15.7. The maximum absolute atomic E-state index is 14.0. The lowest BCUT2D eigenvalue weighted by Crippen LogP contribution is -2.41. The number of hydrogen-bond acceptors (Lipinski definition) is 9. The zero-order valence-electron chi connectivity index (χ0n) is 25.6. The smallest absolute Gasteiger partial charge is 0.325 e. The number of rotatable bonds is 11. The minimum absolute atomic E-state index is 0.0229. The first-order chi connectivity index (χ1) is 22.1. The number of carbonyl (C=O) groups is 3. The fourth-order valence-corrected chi connectivity index (χ4v) is 6.33. The summed E-state index contributed by atoms with van der Waals surface area (Å²) in [5.74, 6) is 4.39. The lowest BCUT2D eigenvalue weighted by molar-refractivity contribution is -0.144. The van der Waals surface area contributed by atoms with E-state index in [2.05, 4.69) is 41.7 Å². The molecule has 46 heavy (non-hydrogen) atoms. The number of pyridine rings is 1. The van der Waals surface area contributed by atoms with Crippen LogP contribution in [0, 0.1) is 18.8 Å². The minimum Gasteiger partial charge on any atom is -0.468 e. The van der Waals surface area contributed by atoms with Crippen molar-refractivity contribution >= 4 is 33.2 Å². The number of methoxy groups -OCH3 is 1. The summed E-state index contributed by atoms with van der Waals surface area (Å²) in [4.78, 5) is 42.2. The molecule has 2 amide bonds. The molecule has 0 bridgehead atoms. The van der Waals surface area contributed by atoms with Crippen molar-refractivity contribution < 1.29 is 28.4 Å². The van der Waals surface area contributed by atoms with Gasteiger partial charge in [-0.05, 0) is 62.4 Å². The van der Waals surface area contributed by atoms with Crippen LogP contribution >= 0.6 is 0 Å². The van der Waals surface area contributed by atoms with Crippen molar-refractivity contribution in [3.05, 3.63) is 107 Å². The number of anilines is 1. The van der Waals surface area contributed by atoms with Gasteiger partial charge in [0.15, 0.2) is 0 Å². The Balaban J connectivity index is 1.50. The van der Waals surface area contributed by atoms with Crippen molar-refractivity contribution in [2.75, 3.05) is 31.3 Å². The number of nitrogens with one attached hydrogen (secondary N) is 2. The molecule has 0 radical (unpaired) electrons. The van der Waals surface area contributed by atoms with E-state index < -0.39 is 34.3 Å². The number of aromatic nitrogens is 3. The van der Waals surface area contributed by atoms with E-state index in [4.69, 9.17) is 0 Å². The molecule has 2 atom stereocenters. The Bertz CT molecular complexity index is 1900. The maximum atomic E-state index is 14.0. The van der Waals surface area contributed by atoms with Crippen molar-refractivity contribution in [2.45, 2.75) is 24.3 Å². The Morgan fingerprint density at radius 1 is 1.04 bits per heavy atom. The number of amides is 2. The third-order valence-corrected chi connectivity index (χ3v) is 9.00. The van der Waals surface area contributed by atoms with Crippen LogP contribution in [-0.2, 0) is 26.3 Å². The molecule has 4 aromatic rings. The van der Waals surface area contributed by atoms with E-state index in [-0.39, 0.29) is 23.8 Å². The SMILES string of the molecule is COC(=O)C(CO)NCCC[S@@](=O)(=NC(=O)c1cncc(C#Cc2cccc(NC(=O)c3cc(C)nn3C)c2)c1)c1ccccc1. The highest BCUT2D eigenvalue weighted by Gasteiger charge is 2.20. The van der Waals surface area contributed by atoms with Crippen LogP contribution in [0.3, 0.4) is 0 Å². The summed E-state index contributed by atoms with van der Waals surface area (Å²) in [7, 11) is -0.275. The largest absolute Gasteiger partial charge is 0.468 e. The van der Waals surface area contributed by atoms with Crippen LogP contribution in [0.25, 0.3) is 0 Å². The number of aliphatic hydroxyl groups excluding tert-OH is 1. The van der Waals surface area contributed by atoms with Gasteiger partial charge in [0.1, 0.15) is 11.7 Å². The molecule has 3 N–H and O–H groups in total. The molecule has 0 aliphatic heterocycles. The van der Waals surface area contributed by atoms with Gasteiger partial charge >= 0.3 is 5.97 Å². The van der Waals surface area contributed by atoms with Crippen molar-refractivity contribution in [2.24, 2.45) is 11.4 Å². The molecule has 0 fully saturated rings. The predicted molar refractivity (Wildman–Crippen MR) is 173 cm³/mol. The first kappa shape index (κ1) is 33.7. The van der Waals surface area contributed by atoms with Gasteiger partial charge in [-0.2, -0.15) is 9.46 Å². The topological polar surface area (TPSA) is 165 Å². The molecular weight excluding hydrogens is 608 g/mol. The van der Waals surface area contributed by atoms with Gasteiger partial charge in [0, 0.05) is 46.9 Å². The normalized spacial score (nSPS) is 12.6. The maximum Gasteiger partial charge on any atom is 0.325 e. The van der Waals surface area contributed by atoms with Crippen LogP contribution in [0.4, 0.5) is 5.69 Å². The number of esters is 1. The van der Waals surface area contributed by atoms with E-state index in [0.29, 0.717) is 33.8 Å². The van der Waals surface area contributed by atoms with Gasteiger partial charge in [0.25, 0.3) is 11.8 Å². The van der Waals surface area contributed by atoms with Crippen LogP contribution in [0.2, 0.25) is 0 Å².